The molecule has 0 bridgehead atoms. The van der Waals surface area contributed by atoms with Gasteiger partial charge < -0.3 is 24.1 Å². The molecule has 3 rings (SSSR count). The number of ether oxygens (including phenoxy) is 4. The number of nitrogens with one attached hydrogen (secondary N) is 1. The summed E-state index contributed by atoms with van der Waals surface area (Å²) in [5.41, 5.74) is -0.979. The third-order valence-electron chi connectivity index (χ3n) is 5.41. The number of aliphatic hydroxyl groups excluding tert-OH is 1. The fraction of sp³-hybridized carbons (Fsp3) is 0.458. The quantitative estimate of drug-likeness (QED) is 0.293. The fourth-order valence-electron chi connectivity index (χ4n) is 3.66. The van der Waals surface area contributed by atoms with Crippen molar-refractivity contribution < 1.29 is 49.9 Å². The van der Waals surface area contributed by atoms with Gasteiger partial charge in [-0.25, -0.2) is 8.42 Å². The van der Waals surface area contributed by atoms with Gasteiger partial charge in [-0.2, -0.15) is 13.1 Å². The molecule has 1 saturated heterocycles. The fourth-order valence-corrected chi connectivity index (χ4v) is 5.24. The second-order valence-corrected chi connectivity index (χ2v) is 12.5. The summed E-state index contributed by atoms with van der Waals surface area (Å²) in [4.78, 5) is 12.6. The number of carbonyl (C=O) groups is 1. The van der Waals surface area contributed by atoms with Crippen LogP contribution in [0.4, 0.5) is 0 Å². The highest BCUT2D eigenvalue weighted by molar-refractivity contribution is 7.89. The predicted octanol–water partition coefficient (Wildman–Crippen LogP) is 1.20. The summed E-state index contributed by atoms with van der Waals surface area (Å²) >= 11 is 0. The average Bonchev–Trinajstić information content (AvgIpc) is 2.85. The molecular weight excluding hydrogens is 542 g/mol. The number of esters is 1. The zero-order valence-corrected chi connectivity index (χ0v) is 22.9. The van der Waals surface area contributed by atoms with Crippen LogP contribution < -0.4 is 9.46 Å². The maximum absolute atomic E-state index is 13.2. The standard InChI is InChI=1S/C24H31NO11S2/c1-24(2)15-33-21(19(26)14-34-37(4,28)29)22(36-24)20(23(27)32-3)25-38(30,31)18-12-10-17(11-13-18)35-16-8-6-5-7-9-16/h5-13,19-22,25-26H,14-15H2,1-4H3/t19-,20+,21+,22+/m0/s1. The molecule has 1 aliphatic rings. The van der Waals surface area contributed by atoms with Crippen molar-refractivity contribution in [2.24, 2.45) is 0 Å². The summed E-state index contributed by atoms with van der Waals surface area (Å²) in [6, 6.07) is 12.7. The van der Waals surface area contributed by atoms with E-state index in [4.69, 9.17) is 18.9 Å². The first kappa shape index (κ1) is 30.0. The lowest BCUT2D eigenvalue weighted by Gasteiger charge is -2.44. The number of sulfonamides is 1. The van der Waals surface area contributed by atoms with E-state index in [0.717, 1.165) is 13.4 Å². The Morgan fingerprint density at radius 2 is 1.66 bits per heavy atom. The third kappa shape index (κ3) is 8.20. The Morgan fingerprint density at radius 1 is 1.05 bits per heavy atom. The van der Waals surface area contributed by atoms with E-state index in [1.165, 1.54) is 24.3 Å². The van der Waals surface area contributed by atoms with Crippen molar-refractivity contribution in [1.82, 2.24) is 4.72 Å². The lowest BCUT2D eigenvalue weighted by molar-refractivity contribution is -0.248. The van der Waals surface area contributed by atoms with E-state index in [1.54, 1.807) is 38.1 Å². The summed E-state index contributed by atoms with van der Waals surface area (Å²) in [6.45, 7) is 2.55. The molecule has 1 aliphatic heterocycles. The van der Waals surface area contributed by atoms with Crippen LogP contribution in [0.1, 0.15) is 13.8 Å². The maximum Gasteiger partial charge on any atom is 0.326 e. The van der Waals surface area contributed by atoms with Crippen molar-refractivity contribution in [3.05, 3.63) is 54.6 Å². The number of para-hydroxylation sites is 1. The Morgan fingerprint density at radius 3 is 2.24 bits per heavy atom. The molecule has 1 heterocycles. The molecule has 0 aromatic heterocycles. The number of benzene rings is 2. The zero-order chi connectivity index (χ0) is 28.1. The van der Waals surface area contributed by atoms with Crippen LogP contribution in [0.15, 0.2) is 59.5 Å². The minimum Gasteiger partial charge on any atom is -0.468 e. The second kappa shape index (κ2) is 12.1. The first-order valence-corrected chi connectivity index (χ1v) is 14.8. The Bertz CT molecular complexity index is 1300. The molecule has 14 heteroatoms. The molecule has 2 aromatic rings. The van der Waals surface area contributed by atoms with Gasteiger partial charge in [0.1, 0.15) is 35.9 Å². The second-order valence-electron chi connectivity index (χ2n) is 9.18. The maximum atomic E-state index is 13.2. The van der Waals surface area contributed by atoms with E-state index in [1.807, 2.05) is 6.07 Å². The summed E-state index contributed by atoms with van der Waals surface area (Å²) in [7, 11) is -7.16. The van der Waals surface area contributed by atoms with Gasteiger partial charge in [0, 0.05) is 0 Å². The molecule has 2 N–H and O–H groups in total. The van der Waals surface area contributed by atoms with E-state index < -0.39 is 62.7 Å². The van der Waals surface area contributed by atoms with E-state index >= 15 is 0 Å². The molecule has 1 fully saturated rings. The van der Waals surface area contributed by atoms with Gasteiger partial charge in [-0.15, -0.1) is 0 Å². The minimum atomic E-state index is -4.33. The Labute approximate surface area is 222 Å². The SMILES string of the molecule is COC(=O)[C@H](NS(=O)(=O)c1ccc(Oc2ccccc2)cc1)[C@H]1OC(C)(C)CO[C@@H]1[C@@H](O)COS(C)(=O)=O. The van der Waals surface area contributed by atoms with Gasteiger partial charge in [-0.05, 0) is 50.2 Å². The molecule has 0 amide bonds. The van der Waals surface area contributed by atoms with Crippen molar-refractivity contribution in [1.29, 1.82) is 0 Å². The molecule has 0 unspecified atom stereocenters. The van der Waals surface area contributed by atoms with Crippen LogP contribution in [0.2, 0.25) is 0 Å². The minimum absolute atomic E-state index is 0.0341. The van der Waals surface area contributed by atoms with Gasteiger partial charge in [-0.3, -0.25) is 8.98 Å². The van der Waals surface area contributed by atoms with Gasteiger partial charge in [0.2, 0.25) is 10.0 Å². The van der Waals surface area contributed by atoms with Crippen LogP contribution in [-0.4, -0.2) is 84.4 Å². The predicted molar refractivity (Wildman–Crippen MR) is 135 cm³/mol. The summed E-state index contributed by atoms with van der Waals surface area (Å²) in [5.74, 6) is -0.0573. The van der Waals surface area contributed by atoms with Gasteiger partial charge in [-0.1, -0.05) is 18.2 Å². The number of rotatable bonds is 11. The highest BCUT2D eigenvalue weighted by Gasteiger charge is 2.48. The number of methoxy groups -OCH3 is 1. The van der Waals surface area contributed by atoms with Gasteiger partial charge in [0.15, 0.2) is 0 Å². The van der Waals surface area contributed by atoms with Gasteiger partial charge in [0.05, 0.1) is 37.1 Å². The molecule has 0 aliphatic carbocycles. The third-order valence-corrected chi connectivity index (χ3v) is 7.43. The monoisotopic (exact) mass is 573 g/mol. The number of hydrogen-bond acceptors (Lipinski definition) is 11. The zero-order valence-electron chi connectivity index (χ0n) is 21.3. The lowest BCUT2D eigenvalue weighted by atomic mass is 9.97. The highest BCUT2D eigenvalue weighted by atomic mass is 32.2. The first-order valence-electron chi connectivity index (χ1n) is 11.5. The van der Waals surface area contributed by atoms with Crippen molar-refractivity contribution in [3.63, 3.8) is 0 Å². The Kier molecular flexibility index (Phi) is 9.52. The van der Waals surface area contributed by atoms with Crippen LogP contribution in [0, 0.1) is 0 Å². The summed E-state index contributed by atoms with van der Waals surface area (Å²) in [6.07, 6.45) is -3.52. The normalized spacial score (nSPS) is 21.3. The number of carbonyl (C=O) groups excluding carboxylic acids is 1. The smallest absolute Gasteiger partial charge is 0.326 e. The van der Waals surface area contributed by atoms with Crippen LogP contribution in [0.5, 0.6) is 11.5 Å². The van der Waals surface area contributed by atoms with Crippen LogP contribution in [-0.2, 0) is 43.3 Å². The van der Waals surface area contributed by atoms with E-state index in [0.29, 0.717) is 11.5 Å². The van der Waals surface area contributed by atoms with Crippen molar-refractivity contribution in [2.75, 3.05) is 26.6 Å². The molecule has 38 heavy (non-hydrogen) atoms. The van der Waals surface area contributed by atoms with Crippen LogP contribution >= 0.6 is 0 Å². The number of hydrogen-bond donors (Lipinski definition) is 2. The molecule has 2 aromatic carbocycles. The largest absolute Gasteiger partial charge is 0.468 e. The van der Waals surface area contributed by atoms with Gasteiger partial charge >= 0.3 is 5.97 Å². The molecule has 0 spiro atoms. The van der Waals surface area contributed by atoms with Crippen LogP contribution in [0.3, 0.4) is 0 Å². The average molecular weight is 574 g/mol. The van der Waals surface area contributed by atoms with E-state index in [-0.39, 0.29) is 11.5 Å². The summed E-state index contributed by atoms with van der Waals surface area (Å²) < 4.78 is 78.3. The number of aliphatic hydroxyl groups is 1. The van der Waals surface area contributed by atoms with Crippen molar-refractivity contribution in [3.8, 4) is 11.5 Å². The summed E-state index contributed by atoms with van der Waals surface area (Å²) in [5, 5.41) is 10.6. The van der Waals surface area contributed by atoms with E-state index in [2.05, 4.69) is 8.91 Å². The van der Waals surface area contributed by atoms with Crippen molar-refractivity contribution in [2.45, 2.75) is 48.7 Å². The molecule has 0 radical (unpaired) electrons. The molecular formula is C24H31NO11S2. The molecule has 0 saturated carbocycles. The molecule has 4 atom stereocenters. The lowest BCUT2D eigenvalue weighted by Crippen LogP contribution is -2.63. The molecule has 12 nitrogen and oxygen atoms in total. The van der Waals surface area contributed by atoms with Gasteiger partial charge in [0.25, 0.3) is 10.1 Å². The Hall–Kier alpha value is -2.59. The Balaban J connectivity index is 1.85. The van der Waals surface area contributed by atoms with Crippen LogP contribution in [0.25, 0.3) is 0 Å². The molecule has 210 valence electrons. The first-order chi connectivity index (χ1) is 17.7. The van der Waals surface area contributed by atoms with Crippen molar-refractivity contribution >= 4 is 26.1 Å². The van der Waals surface area contributed by atoms with E-state index in [9.17, 15) is 26.7 Å². The topological polar surface area (TPSA) is 164 Å². The highest BCUT2D eigenvalue weighted by Crippen LogP contribution is 2.29.